The normalized spacial score (nSPS) is 12.6. The molecule has 0 aliphatic carbocycles. The first-order valence-electron chi connectivity index (χ1n) is 6.06. The maximum atomic E-state index is 11.9. The van der Waals surface area contributed by atoms with Crippen LogP contribution in [0.25, 0.3) is 0 Å². The molecule has 104 valence electrons. The second-order valence-corrected chi connectivity index (χ2v) is 5.02. The van der Waals surface area contributed by atoms with Crippen molar-refractivity contribution in [3.05, 3.63) is 30.3 Å². The largest absolute Gasteiger partial charge is 0.481 e. The van der Waals surface area contributed by atoms with Crippen molar-refractivity contribution >= 4 is 11.9 Å². The van der Waals surface area contributed by atoms with E-state index in [1.165, 1.54) is 0 Å². The molecule has 0 fully saturated rings. The van der Waals surface area contributed by atoms with Crippen LogP contribution in [0.3, 0.4) is 0 Å². The number of hydrogen-bond acceptors (Lipinski definition) is 3. The molecule has 1 atom stereocenters. The van der Waals surface area contributed by atoms with Crippen molar-refractivity contribution in [2.24, 2.45) is 0 Å². The van der Waals surface area contributed by atoms with Crippen LogP contribution >= 0.6 is 0 Å². The highest BCUT2D eigenvalue weighted by Gasteiger charge is 2.26. The third kappa shape index (κ3) is 5.42. The second kappa shape index (κ2) is 6.22. The lowest BCUT2D eigenvalue weighted by molar-refractivity contribution is -0.139. The molecule has 1 aromatic carbocycles. The number of nitrogens with one attached hydrogen (secondary N) is 1. The Hall–Kier alpha value is -2.04. The van der Waals surface area contributed by atoms with Crippen molar-refractivity contribution in [1.29, 1.82) is 0 Å². The Kier molecular flexibility index (Phi) is 4.92. The maximum absolute atomic E-state index is 11.9. The van der Waals surface area contributed by atoms with Crippen molar-refractivity contribution in [1.82, 2.24) is 5.32 Å². The first-order chi connectivity index (χ1) is 8.80. The summed E-state index contributed by atoms with van der Waals surface area (Å²) in [6.45, 7) is 4.95. The summed E-state index contributed by atoms with van der Waals surface area (Å²) in [5, 5.41) is 11.4. The topological polar surface area (TPSA) is 75.6 Å². The molecule has 5 nitrogen and oxygen atoms in total. The summed E-state index contributed by atoms with van der Waals surface area (Å²) >= 11 is 0. The number of carbonyl (C=O) groups excluding carboxylic acids is 1. The lowest BCUT2D eigenvalue weighted by Gasteiger charge is -2.26. The van der Waals surface area contributed by atoms with Gasteiger partial charge in [-0.3, -0.25) is 9.59 Å². The summed E-state index contributed by atoms with van der Waals surface area (Å²) in [5.41, 5.74) is -0.808. The molecule has 0 bridgehead atoms. The summed E-state index contributed by atoms with van der Waals surface area (Å²) < 4.78 is 5.47. The Morgan fingerprint density at radius 2 is 1.89 bits per heavy atom. The van der Waals surface area contributed by atoms with Crippen LogP contribution in [0.5, 0.6) is 5.75 Å². The molecule has 1 amide bonds. The van der Waals surface area contributed by atoms with E-state index in [4.69, 9.17) is 9.84 Å². The first kappa shape index (κ1) is 15.0. The molecule has 5 heteroatoms. The third-order valence-electron chi connectivity index (χ3n) is 2.48. The summed E-state index contributed by atoms with van der Waals surface area (Å²) in [4.78, 5) is 22.6. The quantitative estimate of drug-likeness (QED) is 0.822. The van der Waals surface area contributed by atoms with Gasteiger partial charge in [0, 0.05) is 5.54 Å². The van der Waals surface area contributed by atoms with Crippen LogP contribution in [0, 0.1) is 0 Å². The van der Waals surface area contributed by atoms with E-state index in [2.05, 4.69) is 5.32 Å². The number of hydrogen-bond donors (Lipinski definition) is 2. The average Bonchev–Trinajstić information content (AvgIpc) is 2.27. The highest BCUT2D eigenvalue weighted by molar-refractivity contribution is 5.82. The highest BCUT2D eigenvalue weighted by Crippen LogP contribution is 2.13. The summed E-state index contributed by atoms with van der Waals surface area (Å²) in [6.07, 6.45) is -0.827. The molecule has 0 saturated heterocycles. The first-order valence-corrected chi connectivity index (χ1v) is 6.06. The van der Waals surface area contributed by atoms with Gasteiger partial charge in [-0.1, -0.05) is 18.2 Å². The van der Waals surface area contributed by atoms with Crippen molar-refractivity contribution in [3.8, 4) is 5.75 Å². The van der Waals surface area contributed by atoms with Crippen LogP contribution in [0.15, 0.2) is 30.3 Å². The zero-order valence-corrected chi connectivity index (χ0v) is 11.3. The predicted molar refractivity (Wildman–Crippen MR) is 71.0 cm³/mol. The number of ether oxygens (including phenoxy) is 1. The van der Waals surface area contributed by atoms with Gasteiger partial charge in [0.25, 0.3) is 5.91 Å². The minimum absolute atomic E-state index is 0.142. The monoisotopic (exact) mass is 265 g/mol. The van der Waals surface area contributed by atoms with Gasteiger partial charge in [0.2, 0.25) is 0 Å². The molecule has 0 saturated carbocycles. The molecule has 1 unspecified atom stereocenters. The molecule has 1 rings (SSSR count). The van der Waals surface area contributed by atoms with Gasteiger partial charge in [0.05, 0.1) is 6.42 Å². The molecule has 0 aromatic heterocycles. The van der Waals surface area contributed by atoms with E-state index in [0.717, 1.165) is 0 Å². The summed E-state index contributed by atoms with van der Waals surface area (Å²) in [5.74, 6) is -0.696. The molecule has 0 aliphatic rings. The molecule has 0 aliphatic heterocycles. The zero-order valence-electron chi connectivity index (χ0n) is 11.3. The Morgan fingerprint density at radius 1 is 1.32 bits per heavy atom. The van der Waals surface area contributed by atoms with Gasteiger partial charge in [-0.2, -0.15) is 0 Å². The van der Waals surface area contributed by atoms with Crippen LogP contribution in [-0.2, 0) is 9.59 Å². The summed E-state index contributed by atoms with van der Waals surface area (Å²) in [6, 6.07) is 8.99. The molecule has 2 N–H and O–H groups in total. The Bertz CT molecular complexity index is 442. The lowest BCUT2D eigenvalue weighted by atomic mass is 10.0. The zero-order chi connectivity index (χ0) is 14.5. The number of aliphatic carboxylic acids is 1. The van der Waals surface area contributed by atoms with E-state index in [-0.39, 0.29) is 12.3 Å². The van der Waals surface area contributed by atoms with E-state index in [1.807, 2.05) is 18.2 Å². The van der Waals surface area contributed by atoms with E-state index in [0.29, 0.717) is 5.75 Å². The number of rotatable bonds is 6. The number of para-hydroxylation sites is 1. The van der Waals surface area contributed by atoms with Gasteiger partial charge in [0.15, 0.2) is 6.10 Å². The SMILES string of the molecule is CC(Oc1ccccc1)C(=O)NC(C)(C)CC(=O)O. The van der Waals surface area contributed by atoms with Crippen molar-refractivity contribution in [2.75, 3.05) is 0 Å². The van der Waals surface area contributed by atoms with E-state index >= 15 is 0 Å². The number of benzene rings is 1. The van der Waals surface area contributed by atoms with Crippen molar-refractivity contribution < 1.29 is 19.4 Å². The van der Waals surface area contributed by atoms with Gasteiger partial charge in [-0.15, -0.1) is 0 Å². The molecule has 19 heavy (non-hydrogen) atoms. The fraction of sp³-hybridized carbons (Fsp3) is 0.429. The number of amides is 1. The lowest BCUT2D eigenvalue weighted by Crippen LogP contribution is -2.49. The van der Waals surface area contributed by atoms with E-state index in [9.17, 15) is 9.59 Å². The minimum Gasteiger partial charge on any atom is -0.481 e. The van der Waals surface area contributed by atoms with Gasteiger partial charge in [-0.05, 0) is 32.9 Å². The van der Waals surface area contributed by atoms with Crippen LogP contribution in [0.4, 0.5) is 0 Å². The van der Waals surface area contributed by atoms with E-state index < -0.39 is 17.6 Å². The van der Waals surface area contributed by atoms with Gasteiger partial charge in [0.1, 0.15) is 5.75 Å². The molecular weight excluding hydrogens is 246 g/mol. The molecule has 0 radical (unpaired) electrons. The van der Waals surface area contributed by atoms with Gasteiger partial charge >= 0.3 is 5.97 Å². The summed E-state index contributed by atoms with van der Waals surface area (Å²) in [7, 11) is 0. The Morgan fingerprint density at radius 3 is 2.42 bits per heavy atom. The Labute approximate surface area is 112 Å². The molecule has 1 aromatic rings. The predicted octanol–water partition coefficient (Wildman–Crippen LogP) is 1.82. The van der Waals surface area contributed by atoms with Crippen molar-refractivity contribution in [3.63, 3.8) is 0 Å². The number of carboxylic acid groups (broad SMARTS) is 1. The minimum atomic E-state index is -0.957. The molecular formula is C14H19NO4. The maximum Gasteiger partial charge on any atom is 0.305 e. The van der Waals surface area contributed by atoms with E-state index in [1.54, 1.807) is 32.9 Å². The standard InChI is InChI=1S/C14H19NO4/c1-10(19-11-7-5-4-6-8-11)13(18)15-14(2,3)9-12(16)17/h4-8,10H,9H2,1-3H3,(H,15,18)(H,16,17). The fourth-order valence-electron chi connectivity index (χ4n) is 1.61. The molecule has 0 spiro atoms. The van der Waals surface area contributed by atoms with Crippen LogP contribution in [0.2, 0.25) is 0 Å². The highest BCUT2D eigenvalue weighted by atomic mass is 16.5. The number of carboxylic acids is 1. The third-order valence-corrected chi connectivity index (χ3v) is 2.48. The average molecular weight is 265 g/mol. The van der Waals surface area contributed by atoms with Crippen LogP contribution in [-0.4, -0.2) is 28.6 Å². The fourth-order valence-corrected chi connectivity index (χ4v) is 1.61. The number of carbonyl (C=O) groups is 2. The van der Waals surface area contributed by atoms with Crippen molar-refractivity contribution in [2.45, 2.75) is 38.8 Å². The molecule has 0 heterocycles. The Balaban J connectivity index is 2.56. The van der Waals surface area contributed by atoms with Crippen LogP contribution < -0.4 is 10.1 Å². The van der Waals surface area contributed by atoms with Crippen LogP contribution in [0.1, 0.15) is 27.2 Å². The second-order valence-electron chi connectivity index (χ2n) is 5.02. The van der Waals surface area contributed by atoms with Gasteiger partial charge in [-0.25, -0.2) is 0 Å². The smallest absolute Gasteiger partial charge is 0.305 e. The van der Waals surface area contributed by atoms with Gasteiger partial charge < -0.3 is 15.2 Å².